The lowest BCUT2D eigenvalue weighted by atomic mass is 10.1. The predicted molar refractivity (Wildman–Crippen MR) is 98.6 cm³/mol. The van der Waals surface area contributed by atoms with Gasteiger partial charge in [0.15, 0.2) is 0 Å². The van der Waals surface area contributed by atoms with E-state index in [1.54, 1.807) is 18.0 Å². The first-order chi connectivity index (χ1) is 11.5. The third kappa shape index (κ3) is 5.27. The number of amides is 2. The van der Waals surface area contributed by atoms with E-state index in [4.69, 9.17) is 11.6 Å². The lowest BCUT2D eigenvalue weighted by Crippen LogP contribution is -2.55. The molecule has 132 valence electrons. The summed E-state index contributed by atoms with van der Waals surface area (Å²) in [6.07, 6.45) is 4.27. The van der Waals surface area contributed by atoms with Gasteiger partial charge in [-0.25, -0.2) is 4.98 Å². The highest BCUT2D eigenvalue weighted by Crippen LogP contribution is 2.17. The second-order valence-corrected chi connectivity index (χ2v) is 7.10. The first kappa shape index (κ1) is 18.9. The molecule has 0 spiro atoms. The van der Waals surface area contributed by atoms with Crippen molar-refractivity contribution in [2.24, 2.45) is 0 Å². The zero-order chi connectivity index (χ0) is 17.5. The van der Waals surface area contributed by atoms with Crippen molar-refractivity contribution in [3.05, 3.63) is 23.4 Å². The minimum absolute atomic E-state index is 0.00275. The highest BCUT2D eigenvalue weighted by atomic mass is 35.5. The number of nitrogens with zero attached hydrogens (tertiary/aromatic N) is 3. The van der Waals surface area contributed by atoms with Gasteiger partial charge >= 0.3 is 0 Å². The molecule has 6 nitrogen and oxygen atoms in total. The van der Waals surface area contributed by atoms with E-state index in [0.717, 1.165) is 24.7 Å². The molecule has 0 unspecified atom stereocenters. The molecule has 1 aliphatic heterocycles. The molecule has 24 heavy (non-hydrogen) atoms. The van der Waals surface area contributed by atoms with Crippen molar-refractivity contribution in [2.45, 2.75) is 19.4 Å². The van der Waals surface area contributed by atoms with Gasteiger partial charge in [0.25, 0.3) is 0 Å². The summed E-state index contributed by atoms with van der Waals surface area (Å²) in [6.45, 7) is 4.13. The average Bonchev–Trinajstić information content (AvgIpc) is 2.58. The quantitative estimate of drug-likeness (QED) is 0.824. The molecule has 2 rings (SSSR count). The Morgan fingerprint density at radius 3 is 2.58 bits per heavy atom. The van der Waals surface area contributed by atoms with Crippen LogP contribution in [-0.4, -0.2) is 65.9 Å². The fourth-order valence-electron chi connectivity index (χ4n) is 2.67. The first-order valence-corrected chi connectivity index (χ1v) is 9.69. The molecule has 1 atom stereocenters. The molecule has 1 aliphatic rings. The molecule has 1 aromatic rings. The molecule has 1 N–H and O–H groups in total. The topological polar surface area (TPSA) is 65.5 Å². The summed E-state index contributed by atoms with van der Waals surface area (Å²) in [5.41, 5.74) is 0. The van der Waals surface area contributed by atoms with Crippen molar-refractivity contribution < 1.29 is 9.59 Å². The van der Waals surface area contributed by atoms with E-state index in [9.17, 15) is 9.59 Å². The molecule has 0 radical (unpaired) electrons. The van der Waals surface area contributed by atoms with E-state index in [-0.39, 0.29) is 11.8 Å². The zero-order valence-electron chi connectivity index (χ0n) is 14.0. The zero-order valence-corrected chi connectivity index (χ0v) is 15.6. The molecule has 2 heterocycles. The maximum atomic E-state index is 12.7. The van der Waals surface area contributed by atoms with Crippen LogP contribution in [0.4, 0.5) is 5.82 Å². The van der Waals surface area contributed by atoms with Crippen LogP contribution in [-0.2, 0) is 9.59 Å². The van der Waals surface area contributed by atoms with Gasteiger partial charge in [0.2, 0.25) is 11.8 Å². The third-order valence-electron chi connectivity index (χ3n) is 3.91. The molecule has 2 amide bonds. The third-order valence-corrected chi connectivity index (χ3v) is 4.78. The summed E-state index contributed by atoms with van der Waals surface area (Å²) in [5.74, 6) is 1.54. The molecule has 0 aromatic carbocycles. The molecule has 1 saturated heterocycles. The summed E-state index contributed by atoms with van der Waals surface area (Å²) in [6, 6.07) is 3.27. The van der Waals surface area contributed by atoms with Gasteiger partial charge in [-0.15, -0.1) is 0 Å². The number of nitrogens with one attached hydrogen (secondary N) is 1. The molecule has 8 heteroatoms. The molecule has 1 fully saturated rings. The maximum Gasteiger partial charge on any atom is 0.245 e. The standard InChI is InChI=1S/C16H23ClN4O2S/c1-12(22)19-14(5-10-24-2)16(23)21-8-6-20(7-9-21)15-4-3-13(17)11-18-15/h3-4,11,14H,5-10H2,1-2H3,(H,19,22)/t14-/m0/s1. The fraction of sp³-hybridized carbons (Fsp3) is 0.562. The minimum Gasteiger partial charge on any atom is -0.353 e. The number of halogens is 1. The van der Waals surface area contributed by atoms with E-state index in [1.807, 2.05) is 23.3 Å². The van der Waals surface area contributed by atoms with Gasteiger partial charge in [0, 0.05) is 39.3 Å². The highest BCUT2D eigenvalue weighted by molar-refractivity contribution is 7.98. The predicted octanol–water partition coefficient (Wildman–Crippen LogP) is 1.64. The van der Waals surface area contributed by atoms with Gasteiger partial charge < -0.3 is 15.1 Å². The number of carbonyl (C=O) groups is 2. The number of rotatable bonds is 6. The van der Waals surface area contributed by atoms with Crippen LogP contribution in [0.25, 0.3) is 0 Å². The lowest BCUT2D eigenvalue weighted by molar-refractivity contribution is -0.136. The van der Waals surface area contributed by atoms with Gasteiger partial charge in [-0.05, 0) is 30.6 Å². The van der Waals surface area contributed by atoms with Crippen molar-refractivity contribution >= 4 is 41.0 Å². The SMILES string of the molecule is CSCC[C@H](NC(C)=O)C(=O)N1CCN(c2ccc(Cl)cn2)CC1. The number of piperazine rings is 1. The van der Waals surface area contributed by atoms with Crippen molar-refractivity contribution in [1.29, 1.82) is 0 Å². The number of aromatic nitrogens is 1. The summed E-state index contributed by atoms with van der Waals surface area (Å²) in [7, 11) is 0. The summed E-state index contributed by atoms with van der Waals surface area (Å²) in [4.78, 5) is 32.3. The summed E-state index contributed by atoms with van der Waals surface area (Å²) < 4.78 is 0. The normalized spacial score (nSPS) is 16.0. The Balaban J connectivity index is 1.92. The lowest BCUT2D eigenvalue weighted by Gasteiger charge is -2.37. The maximum absolute atomic E-state index is 12.7. The molecular formula is C16H23ClN4O2S. The number of pyridine rings is 1. The van der Waals surface area contributed by atoms with E-state index < -0.39 is 6.04 Å². The van der Waals surface area contributed by atoms with E-state index in [1.165, 1.54) is 6.92 Å². The molecule has 0 aliphatic carbocycles. The van der Waals surface area contributed by atoms with Crippen molar-refractivity contribution in [3.63, 3.8) is 0 Å². The van der Waals surface area contributed by atoms with Gasteiger partial charge in [0.05, 0.1) is 5.02 Å². The van der Waals surface area contributed by atoms with Crippen LogP contribution in [0.15, 0.2) is 18.3 Å². The van der Waals surface area contributed by atoms with E-state index in [2.05, 4.69) is 15.2 Å². The average molecular weight is 371 g/mol. The monoisotopic (exact) mass is 370 g/mol. The van der Waals surface area contributed by atoms with Crippen molar-refractivity contribution in [1.82, 2.24) is 15.2 Å². The highest BCUT2D eigenvalue weighted by Gasteiger charge is 2.28. The van der Waals surface area contributed by atoms with E-state index in [0.29, 0.717) is 24.5 Å². The van der Waals surface area contributed by atoms with Crippen molar-refractivity contribution in [3.8, 4) is 0 Å². The Morgan fingerprint density at radius 2 is 2.04 bits per heavy atom. The summed E-state index contributed by atoms with van der Waals surface area (Å²) >= 11 is 7.53. The number of hydrogen-bond acceptors (Lipinski definition) is 5. The molecular weight excluding hydrogens is 348 g/mol. The van der Waals surface area contributed by atoms with Crippen LogP contribution in [0.3, 0.4) is 0 Å². The fourth-order valence-corrected chi connectivity index (χ4v) is 3.25. The Kier molecular flexibility index (Phi) is 7.17. The minimum atomic E-state index is -0.435. The van der Waals surface area contributed by atoms with Crippen LogP contribution in [0.2, 0.25) is 5.02 Å². The van der Waals surface area contributed by atoms with Crippen molar-refractivity contribution in [2.75, 3.05) is 43.1 Å². The number of thioether (sulfide) groups is 1. The first-order valence-electron chi connectivity index (χ1n) is 7.92. The number of anilines is 1. The molecule has 1 aromatic heterocycles. The smallest absolute Gasteiger partial charge is 0.245 e. The molecule has 0 bridgehead atoms. The Morgan fingerprint density at radius 1 is 1.33 bits per heavy atom. The Bertz CT molecular complexity index is 562. The Hall–Kier alpha value is -1.47. The van der Waals surface area contributed by atoms with Gasteiger partial charge in [0.1, 0.15) is 11.9 Å². The summed E-state index contributed by atoms with van der Waals surface area (Å²) in [5, 5.41) is 3.39. The van der Waals surface area contributed by atoms with Gasteiger partial charge in [-0.1, -0.05) is 11.6 Å². The van der Waals surface area contributed by atoms with Crippen LogP contribution >= 0.6 is 23.4 Å². The largest absolute Gasteiger partial charge is 0.353 e. The van der Waals surface area contributed by atoms with Crippen LogP contribution in [0, 0.1) is 0 Å². The number of hydrogen-bond donors (Lipinski definition) is 1. The van der Waals surface area contributed by atoms with Gasteiger partial charge in [-0.3, -0.25) is 9.59 Å². The second-order valence-electron chi connectivity index (χ2n) is 5.68. The van der Waals surface area contributed by atoms with Crippen LogP contribution in [0.1, 0.15) is 13.3 Å². The second kappa shape index (κ2) is 9.13. The Labute approximate surface area is 151 Å². The van der Waals surface area contributed by atoms with Crippen LogP contribution < -0.4 is 10.2 Å². The van der Waals surface area contributed by atoms with E-state index >= 15 is 0 Å². The number of carbonyl (C=O) groups excluding carboxylic acids is 2. The van der Waals surface area contributed by atoms with Gasteiger partial charge in [-0.2, -0.15) is 11.8 Å². The molecule has 0 saturated carbocycles. The van der Waals surface area contributed by atoms with Crippen LogP contribution in [0.5, 0.6) is 0 Å².